The summed E-state index contributed by atoms with van der Waals surface area (Å²) in [6.45, 7) is 0. The molecule has 1 atom stereocenters. The van der Waals surface area contributed by atoms with Crippen LogP contribution in [-0.4, -0.2) is 28.0 Å². The predicted molar refractivity (Wildman–Crippen MR) is 108 cm³/mol. The first-order chi connectivity index (χ1) is 13.6. The SMILES string of the molecule is O=C(N[C@@H](Cc1ccc2ccccc2c1)C(=O)O)c1cccc2cccnc12. The van der Waals surface area contributed by atoms with E-state index >= 15 is 0 Å². The molecule has 1 amide bonds. The highest BCUT2D eigenvalue weighted by atomic mass is 16.4. The molecule has 0 spiro atoms. The third kappa shape index (κ3) is 3.55. The molecule has 1 aromatic heterocycles. The molecular formula is C23H18N2O3. The van der Waals surface area contributed by atoms with E-state index in [1.54, 1.807) is 24.4 Å². The van der Waals surface area contributed by atoms with Gasteiger partial charge in [-0.15, -0.1) is 0 Å². The van der Waals surface area contributed by atoms with Gasteiger partial charge in [-0.05, 0) is 28.5 Å². The molecule has 0 aliphatic rings. The van der Waals surface area contributed by atoms with Gasteiger partial charge in [0.05, 0.1) is 11.1 Å². The second-order valence-corrected chi connectivity index (χ2v) is 6.63. The van der Waals surface area contributed by atoms with Crippen LogP contribution in [0.4, 0.5) is 0 Å². The fourth-order valence-electron chi connectivity index (χ4n) is 3.32. The van der Waals surface area contributed by atoms with Crippen molar-refractivity contribution in [1.29, 1.82) is 0 Å². The van der Waals surface area contributed by atoms with Gasteiger partial charge in [-0.3, -0.25) is 9.78 Å². The molecule has 5 heteroatoms. The van der Waals surface area contributed by atoms with Crippen molar-refractivity contribution in [3.05, 3.63) is 90.1 Å². The number of hydrogen-bond donors (Lipinski definition) is 2. The highest BCUT2D eigenvalue weighted by Gasteiger charge is 2.22. The number of aromatic nitrogens is 1. The zero-order chi connectivity index (χ0) is 19.5. The molecule has 0 fully saturated rings. The predicted octanol–water partition coefficient (Wildman–Crippen LogP) is 3.81. The van der Waals surface area contributed by atoms with Crippen LogP contribution in [0.1, 0.15) is 15.9 Å². The quantitative estimate of drug-likeness (QED) is 0.560. The highest BCUT2D eigenvalue weighted by Crippen LogP contribution is 2.18. The van der Waals surface area contributed by atoms with Gasteiger partial charge in [0.1, 0.15) is 6.04 Å². The number of para-hydroxylation sites is 1. The first-order valence-corrected chi connectivity index (χ1v) is 8.97. The van der Waals surface area contributed by atoms with E-state index in [2.05, 4.69) is 10.3 Å². The van der Waals surface area contributed by atoms with Crippen LogP contribution in [-0.2, 0) is 11.2 Å². The average molecular weight is 370 g/mol. The Morgan fingerprint density at radius 1 is 0.893 bits per heavy atom. The second-order valence-electron chi connectivity index (χ2n) is 6.63. The molecule has 138 valence electrons. The minimum atomic E-state index is -1.07. The molecule has 0 unspecified atom stereocenters. The Bertz CT molecular complexity index is 1180. The maximum Gasteiger partial charge on any atom is 0.326 e. The van der Waals surface area contributed by atoms with Crippen molar-refractivity contribution in [2.75, 3.05) is 0 Å². The fourth-order valence-corrected chi connectivity index (χ4v) is 3.32. The smallest absolute Gasteiger partial charge is 0.326 e. The van der Waals surface area contributed by atoms with Crippen LogP contribution in [0.3, 0.4) is 0 Å². The van der Waals surface area contributed by atoms with Gasteiger partial charge in [0.2, 0.25) is 0 Å². The van der Waals surface area contributed by atoms with E-state index in [1.165, 1.54) is 0 Å². The van der Waals surface area contributed by atoms with Gasteiger partial charge < -0.3 is 10.4 Å². The third-order valence-corrected chi connectivity index (χ3v) is 4.73. The maximum absolute atomic E-state index is 12.8. The molecule has 5 nitrogen and oxygen atoms in total. The number of carboxylic acids is 1. The van der Waals surface area contributed by atoms with Crippen molar-refractivity contribution in [3.8, 4) is 0 Å². The molecule has 28 heavy (non-hydrogen) atoms. The third-order valence-electron chi connectivity index (χ3n) is 4.73. The Labute approximate surface area is 161 Å². The van der Waals surface area contributed by atoms with Crippen molar-refractivity contribution in [1.82, 2.24) is 10.3 Å². The first kappa shape index (κ1) is 17.7. The van der Waals surface area contributed by atoms with E-state index < -0.39 is 17.9 Å². The number of pyridine rings is 1. The highest BCUT2D eigenvalue weighted by molar-refractivity contribution is 6.06. The monoisotopic (exact) mass is 370 g/mol. The standard InChI is InChI=1S/C23H18N2O3/c26-22(19-9-3-7-17-8-4-12-24-21(17)19)25-20(23(27)28)14-15-10-11-16-5-1-2-6-18(16)13-15/h1-13,20H,14H2,(H,25,26)(H,27,28)/t20-/m0/s1. The van der Waals surface area contributed by atoms with E-state index in [-0.39, 0.29) is 6.42 Å². The lowest BCUT2D eigenvalue weighted by atomic mass is 10.0. The van der Waals surface area contributed by atoms with Crippen molar-refractivity contribution < 1.29 is 14.7 Å². The van der Waals surface area contributed by atoms with Crippen molar-refractivity contribution in [2.45, 2.75) is 12.5 Å². The summed E-state index contributed by atoms with van der Waals surface area (Å²) in [5.41, 5.74) is 1.77. The van der Waals surface area contributed by atoms with Crippen LogP contribution in [0.15, 0.2) is 79.0 Å². The number of carboxylic acid groups (broad SMARTS) is 1. The topological polar surface area (TPSA) is 79.3 Å². The lowest BCUT2D eigenvalue weighted by Crippen LogP contribution is -2.42. The molecule has 0 aliphatic carbocycles. The summed E-state index contributed by atoms with van der Waals surface area (Å²) in [5.74, 6) is -1.52. The van der Waals surface area contributed by atoms with Gasteiger partial charge in [0.25, 0.3) is 5.91 Å². The molecule has 0 saturated carbocycles. The van der Waals surface area contributed by atoms with Gasteiger partial charge in [0.15, 0.2) is 0 Å². The summed E-state index contributed by atoms with van der Waals surface area (Å²) < 4.78 is 0. The molecule has 4 aromatic rings. The Hall–Kier alpha value is -3.73. The lowest BCUT2D eigenvalue weighted by molar-refractivity contribution is -0.139. The number of carbonyl (C=O) groups excluding carboxylic acids is 1. The number of hydrogen-bond acceptors (Lipinski definition) is 3. The molecule has 0 aliphatic heterocycles. The fraction of sp³-hybridized carbons (Fsp3) is 0.0870. The maximum atomic E-state index is 12.8. The van der Waals surface area contributed by atoms with Crippen LogP contribution < -0.4 is 5.32 Å². The Balaban J connectivity index is 1.59. The zero-order valence-corrected chi connectivity index (χ0v) is 15.0. The molecule has 3 aromatic carbocycles. The number of nitrogens with zero attached hydrogens (tertiary/aromatic N) is 1. The minimum Gasteiger partial charge on any atom is -0.480 e. The summed E-state index contributed by atoms with van der Waals surface area (Å²) in [6.07, 6.45) is 1.81. The van der Waals surface area contributed by atoms with Gasteiger partial charge in [-0.25, -0.2) is 4.79 Å². The summed E-state index contributed by atoms with van der Waals surface area (Å²) in [6, 6.07) is 21.6. The molecule has 2 N–H and O–H groups in total. The van der Waals surface area contributed by atoms with E-state index in [0.717, 1.165) is 21.7 Å². The largest absolute Gasteiger partial charge is 0.480 e. The summed E-state index contributed by atoms with van der Waals surface area (Å²) in [4.78, 5) is 28.8. The number of nitrogens with one attached hydrogen (secondary N) is 1. The Kier molecular flexibility index (Phi) is 4.72. The van der Waals surface area contributed by atoms with Crippen molar-refractivity contribution >= 4 is 33.6 Å². The van der Waals surface area contributed by atoms with Gasteiger partial charge >= 0.3 is 5.97 Å². The van der Waals surface area contributed by atoms with Crippen molar-refractivity contribution in [3.63, 3.8) is 0 Å². The van der Waals surface area contributed by atoms with Gasteiger partial charge in [-0.1, -0.05) is 60.7 Å². The Morgan fingerprint density at radius 2 is 1.64 bits per heavy atom. The Morgan fingerprint density at radius 3 is 2.46 bits per heavy atom. The van der Waals surface area contributed by atoms with E-state index in [0.29, 0.717) is 11.1 Å². The van der Waals surface area contributed by atoms with Crippen LogP contribution in [0, 0.1) is 0 Å². The van der Waals surface area contributed by atoms with Gasteiger partial charge in [0, 0.05) is 18.0 Å². The van der Waals surface area contributed by atoms with Crippen LogP contribution >= 0.6 is 0 Å². The summed E-state index contributed by atoms with van der Waals surface area (Å²) in [7, 11) is 0. The van der Waals surface area contributed by atoms with E-state index in [4.69, 9.17) is 0 Å². The average Bonchev–Trinajstić information content (AvgIpc) is 2.72. The first-order valence-electron chi connectivity index (χ1n) is 8.97. The van der Waals surface area contributed by atoms with Crippen LogP contribution in [0.25, 0.3) is 21.7 Å². The van der Waals surface area contributed by atoms with Crippen molar-refractivity contribution in [2.24, 2.45) is 0 Å². The van der Waals surface area contributed by atoms with Crippen LogP contribution in [0.5, 0.6) is 0 Å². The number of rotatable bonds is 5. The van der Waals surface area contributed by atoms with E-state index in [9.17, 15) is 14.7 Å². The number of carbonyl (C=O) groups is 2. The zero-order valence-electron chi connectivity index (χ0n) is 15.0. The number of fused-ring (bicyclic) bond motifs is 2. The van der Waals surface area contributed by atoms with Crippen LogP contribution in [0.2, 0.25) is 0 Å². The second kappa shape index (κ2) is 7.48. The van der Waals surface area contributed by atoms with Gasteiger partial charge in [-0.2, -0.15) is 0 Å². The molecular weight excluding hydrogens is 352 g/mol. The summed E-state index contributed by atoms with van der Waals surface area (Å²) in [5, 5.41) is 15.2. The number of amides is 1. The molecule has 0 radical (unpaired) electrons. The number of aliphatic carboxylic acids is 1. The lowest BCUT2D eigenvalue weighted by Gasteiger charge is -2.16. The number of benzene rings is 3. The molecule has 4 rings (SSSR count). The molecule has 1 heterocycles. The summed E-state index contributed by atoms with van der Waals surface area (Å²) >= 11 is 0. The minimum absolute atomic E-state index is 0.199. The molecule has 0 saturated heterocycles. The normalized spacial score (nSPS) is 12.0. The molecule has 0 bridgehead atoms. The van der Waals surface area contributed by atoms with E-state index in [1.807, 2.05) is 54.6 Å².